The smallest absolute Gasteiger partial charge is 0.326 e. The number of hydrogen-bond acceptors (Lipinski definition) is 4. The zero-order chi connectivity index (χ0) is 14.0. The number of thiophene rings is 1. The summed E-state index contributed by atoms with van der Waals surface area (Å²) in [6, 6.07) is 0.107. The molecule has 1 heterocycles. The van der Waals surface area contributed by atoms with Crippen LogP contribution in [0.15, 0.2) is 16.3 Å². The Hall–Kier alpha value is -0.640. The minimum absolute atomic E-state index is 0.0293. The summed E-state index contributed by atoms with van der Waals surface area (Å²) in [6.07, 6.45) is -5.62. The molecule has 1 unspecified atom stereocenters. The highest BCUT2D eigenvalue weighted by Gasteiger charge is 2.32. The molecule has 0 saturated carbocycles. The Labute approximate surface area is 107 Å². The van der Waals surface area contributed by atoms with E-state index in [2.05, 4.69) is 0 Å². The topological polar surface area (TPSA) is 72.2 Å². The fourth-order valence-electron chi connectivity index (χ4n) is 1.43. The van der Waals surface area contributed by atoms with Crippen LogP contribution in [0.5, 0.6) is 0 Å². The van der Waals surface area contributed by atoms with Gasteiger partial charge in [-0.2, -0.15) is 13.2 Å². The molecule has 0 aromatic carbocycles. The summed E-state index contributed by atoms with van der Waals surface area (Å²) in [5, 5.41) is 1.53. The number of alkyl halides is 3. The number of nitrogens with two attached hydrogens (primary N) is 1. The van der Waals surface area contributed by atoms with Gasteiger partial charge in [0.05, 0.1) is 11.3 Å². The van der Waals surface area contributed by atoms with Crippen molar-refractivity contribution in [2.75, 3.05) is 0 Å². The first-order valence-electron chi connectivity index (χ1n) is 5.01. The van der Waals surface area contributed by atoms with E-state index < -0.39 is 28.7 Å². The predicted molar refractivity (Wildman–Crippen MR) is 62.7 cm³/mol. The number of sulfonamides is 1. The van der Waals surface area contributed by atoms with Crippen molar-refractivity contribution in [1.82, 2.24) is 4.72 Å². The van der Waals surface area contributed by atoms with E-state index in [4.69, 9.17) is 5.73 Å². The largest absolute Gasteiger partial charge is 0.390 e. The summed E-state index contributed by atoms with van der Waals surface area (Å²) in [5.74, 6) is 0. The van der Waals surface area contributed by atoms with Crippen molar-refractivity contribution in [1.29, 1.82) is 0 Å². The fraction of sp³-hybridized carbons (Fsp3) is 0.556. The van der Waals surface area contributed by atoms with Gasteiger partial charge >= 0.3 is 6.18 Å². The van der Waals surface area contributed by atoms with Crippen LogP contribution in [0.4, 0.5) is 13.2 Å². The molecule has 0 aliphatic carbocycles. The predicted octanol–water partition coefficient (Wildman–Crippen LogP) is 1.83. The van der Waals surface area contributed by atoms with E-state index in [0.29, 0.717) is 4.88 Å². The van der Waals surface area contributed by atoms with E-state index in [9.17, 15) is 21.6 Å². The van der Waals surface area contributed by atoms with Crippen LogP contribution in [-0.4, -0.2) is 20.6 Å². The number of halogens is 3. The third-order valence-electron chi connectivity index (χ3n) is 2.07. The summed E-state index contributed by atoms with van der Waals surface area (Å²) >= 11 is 1.15. The van der Waals surface area contributed by atoms with E-state index in [-0.39, 0.29) is 11.4 Å². The minimum Gasteiger partial charge on any atom is -0.326 e. The second kappa shape index (κ2) is 5.55. The van der Waals surface area contributed by atoms with Crippen LogP contribution in [0.25, 0.3) is 0 Å². The van der Waals surface area contributed by atoms with Crippen molar-refractivity contribution in [3.05, 3.63) is 16.3 Å². The molecule has 0 amide bonds. The molecule has 0 fully saturated rings. The molecule has 18 heavy (non-hydrogen) atoms. The highest BCUT2D eigenvalue weighted by Crippen LogP contribution is 2.24. The number of nitrogens with one attached hydrogen (secondary N) is 1. The normalized spacial score (nSPS) is 14.7. The summed E-state index contributed by atoms with van der Waals surface area (Å²) in [7, 11) is -3.95. The monoisotopic (exact) mass is 302 g/mol. The molecular formula is C9H13F3N2O2S2. The Kier molecular flexibility index (Phi) is 4.76. The molecule has 1 aromatic heterocycles. The lowest BCUT2D eigenvalue weighted by atomic mass is 10.2. The quantitative estimate of drug-likeness (QED) is 0.871. The third kappa shape index (κ3) is 4.23. The van der Waals surface area contributed by atoms with Gasteiger partial charge in [0, 0.05) is 17.5 Å². The number of hydrogen-bond donors (Lipinski definition) is 2. The van der Waals surface area contributed by atoms with Gasteiger partial charge in [0.1, 0.15) is 0 Å². The molecule has 0 saturated heterocycles. The highest BCUT2D eigenvalue weighted by molar-refractivity contribution is 7.89. The standard InChI is InChI=1S/C9H13F3N2O2S2/c1-6(4-9(10,11)12)14-18(15,16)8-2-3-17-7(8)5-13/h2-3,6,14H,4-5,13H2,1H3. The zero-order valence-electron chi connectivity index (χ0n) is 9.49. The second-order valence-electron chi connectivity index (χ2n) is 3.75. The molecule has 0 bridgehead atoms. The van der Waals surface area contributed by atoms with Crippen molar-refractivity contribution in [3.8, 4) is 0 Å². The Morgan fingerprint density at radius 2 is 2.11 bits per heavy atom. The maximum Gasteiger partial charge on any atom is 0.390 e. The van der Waals surface area contributed by atoms with Gasteiger partial charge in [0.25, 0.3) is 0 Å². The van der Waals surface area contributed by atoms with Crippen LogP contribution in [0.3, 0.4) is 0 Å². The van der Waals surface area contributed by atoms with Crippen molar-refractivity contribution in [3.63, 3.8) is 0 Å². The molecule has 4 nitrogen and oxygen atoms in total. The summed E-state index contributed by atoms with van der Waals surface area (Å²) in [6.45, 7) is 1.20. The van der Waals surface area contributed by atoms with Crippen molar-refractivity contribution >= 4 is 21.4 Å². The van der Waals surface area contributed by atoms with Gasteiger partial charge in [0.2, 0.25) is 10.0 Å². The lowest BCUT2D eigenvalue weighted by Crippen LogP contribution is -2.36. The Bertz CT molecular complexity index is 496. The molecule has 104 valence electrons. The molecule has 1 aromatic rings. The maximum atomic E-state index is 12.1. The molecule has 1 atom stereocenters. The van der Waals surface area contributed by atoms with Gasteiger partial charge in [-0.25, -0.2) is 13.1 Å². The fourth-order valence-corrected chi connectivity index (χ4v) is 4.01. The van der Waals surface area contributed by atoms with E-state index in [1.54, 1.807) is 0 Å². The van der Waals surface area contributed by atoms with Crippen LogP contribution in [0.1, 0.15) is 18.2 Å². The molecule has 0 spiro atoms. The van der Waals surface area contributed by atoms with E-state index in [0.717, 1.165) is 11.3 Å². The lowest BCUT2D eigenvalue weighted by molar-refractivity contribution is -0.137. The summed E-state index contributed by atoms with van der Waals surface area (Å²) in [4.78, 5) is 0.366. The van der Waals surface area contributed by atoms with Crippen LogP contribution >= 0.6 is 11.3 Å². The first-order valence-corrected chi connectivity index (χ1v) is 7.37. The minimum atomic E-state index is -4.41. The SMILES string of the molecule is CC(CC(F)(F)F)NS(=O)(=O)c1ccsc1CN. The van der Waals surface area contributed by atoms with Gasteiger partial charge < -0.3 is 5.73 Å². The van der Waals surface area contributed by atoms with E-state index in [1.807, 2.05) is 4.72 Å². The van der Waals surface area contributed by atoms with E-state index in [1.165, 1.54) is 18.4 Å². The Morgan fingerprint density at radius 3 is 2.61 bits per heavy atom. The Balaban J connectivity index is 2.83. The molecule has 0 aliphatic heterocycles. The van der Waals surface area contributed by atoms with Gasteiger partial charge in [-0.15, -0.1) is 11.3 Å². The third-order valence-corrected chi connectivity index (χ3v) is 4.82. The first-order chi connectivity index (χ1) is 8.15. The van der Waals surface area contributed by atoms with Gasteiger partial charge in [-0.05, 0) is 18.4 Å². The average Bonchev–Trinajstić information content (AvgIpc) is 2.61. The molecule has 0 radical (unpaired) electrons. The van der Waals surface area contributed by atoms with Gasteiger partial charge in [-0.1, -0.05) is 0 Å². The van der Waals surface area contributed by atoms with Crippen LogP contribution in [0, 0.1) is 0 Å². The molecule has 9 heteroatoms. The summed E-state index contributed by atoms with van der Waals surface area (Å²) < 4.78 is 62.0. The average molecular weight is 302 g/mol. The molecule has 0 aliphatic rings. The van der Waals surface area contributed by atoms with Crippen molar-refractivity contribution < 1.29 is 21.6 Å². The maximum absolute atomic E-state index is 12.1. The van der Waals surface area contributed by atoms with Crippen LogP contribution < -0.4 is 10.5 Å². The highest BCUT2D eigenvalue weighted by atomic mass is 32.2. The van der Waals surface area contributed by atoms with Gasteiger partial charge in [0.15, 0.2) is 0 Å². The summed E-state index contributed by atoms with van der Waals surface area (Å²) in [5.41, 5.74) is 5.36. The molecule has 1 rings (SSSR count). The molecule has 3 N–H and O–H groups in total. The lowest BCUT2D eigenvalue weighted by Gasteiger charge is -2.16. The van der Waals surface area contributed by atoms with Crippen LogP contribution in [0.2, 0.25) is 0 Å². The first kappa shape index (κ1) is 15.4. The van der Waals surface area contributed by atoms with Gasteiger partial charge in [-0.3, -0.25) is 0 Å². The van der Waals surface area contributed by atoms with E-state index >= 15 is 0 Å². The number of rotatable bonds is 5. The molecular weight excluding hydrogens is 289 g/mol. The van der Waals surface area contributed by atoms with Crippen LogP contribution in [-0.2, 0) is 16.6 Å². The van der Waals surface area contributed by atoms with Crippen molar-refractivity contribution in [2.24, 2.45) is 5.73 Å². The Morgan fingerprint density at radius 1 is 1.50 bits per heavy atom. The zero-order valence-corrected chi connectivity index (χ0v) is 11.1. The van der Waals surface area contributed by atoms with Crippen molar-refractivity contribution in [2.45, 2.75) is 37.0 Å². The second-order valence-corrected chi connectivity index (χ2v) is 6.44.